The fraction of sp³-hybridized carbons (Fsp3) is 0.333. The van der Waals surface area contributed by atoms with Gasteiger partial charge >= 0.3 is 5.97 Å². The van der Waals surface area contributed by atoms with Crippen molar-refractivity contribution in [3.05, 3.63) is 48.5 Å². The molecular formula is C21H24N2O5. The van der Waals surface area contributed by atoms with E-state index in [-0.39, 0.29) is 0 Å². The second kappa shape index (κ2) is 8.21. The molecule has 3 unspecified atom stereocenters. The Hall–Kier alpha value is -3.22. The number of benzene rings is 2. The van der Waals surface area contributed by atoms with Crippen molar-refractivity contribution in [2.45, 2.75) is 32.2 Å². The number of nitrogens with one attached hydrogen (secondary N) is 1. The molecule has 1 aliphatic rings. The maximum absolute atomic E-state index is 12.5. The van der Waals surface area contributed by atoms with Crippen LogP contribution in [0.25, 0.3) is 0 Å². The van der Waals surface area contributed by atoms with Crippen molar-refractivity contribution in [1.82, 2.24) is 0 Å². The van der Waals surface area contributed by atoms with E-state index in [2.05, 4.69) is 5.32 Å². The molecule has 0 bridgehead atoms. The molecule has 2 aromatic carbocycles. The van der Waals surface area contributed by atoms with Crippen LogP contribution in [0.15, 0.2) is 48.5 Å². The Morgan fingerprint density at radius 2 is 1.64 bits per heavy atom. The van der Waals surface area contributed by atoms with Gasteiger partial charge in [-0.1, -0.05) is 12.1 Å². The molecular weight excluding hydrogens is 360 g/mol. The summed E-state index contributed by atoms with van der Waals surface area (Å²) in [5.74, 6) is -0.0185. The van der Waals surface area contributed by atoms with Crippen molar-refractivity contribution in [1.29, 1.82) is 0 Å². The van der Waals surface area contributed by atoms with Gasteiger partial charge in [0.05, 0.1) is 0 Å². The van der Waals surface area contributed by atoms with E-state index in [4.69, 9.17) is 14.2 Å². The predicted molar refractivity (Wildman–Crippen MR) is 106 cm³/mol. The van der Waals surface area contributed by atoms with Crippen LogP contribution in [0.4, 0.5) is 11.4 Å². The zero-order valence-corrected chi connectivity index (χ0v) is 16.3. The van der Waals surface area contributed by atoms with E-state index in [1.54, 1.807) is 37.3 Å². The lowest BCUT2D eigenvalue weighted by Gasteiger charge is -2.31. The molecule has 1 aliphatic heterocycles. The summed E-state index contributed by atoms with van der Waals surface area (Å²) in [6, 6.07) is 14.5. The van der Waals surface area contributed by atoms with E-state index in [0.717, 1.165) is 5.69 Å². The highest BCUT2D eigenvalue weighted by Crippen LogP contribution is 2.33. The normalized spacial score (nSPS) is 18.7. The number of hydrogen-bond donors (Lipinski definition) is 1. The summed E-state index contributed by atoms with van der Waals surface area (Å²) in [5.41, 5.74) is 1.64. The number of para-hydroxylation sites is 2. The molecule has 3 rings (SSSR count). The van der Waals surface area contributed by atoms with E-state index in [1.807, 2.05) is 37.2 Å². The van der Waals surface area contributed by atoms with Crippen molar-refractivity contribution in [3.8, 4) is 11.5 Å². The summed E-state index contributed by atoms with van der Waals surface area (Å²) >= 11 is 0. The summed E-state index contributed by atoms with van der Waals surface area (Å²) in [6.07, 6.45) is -2.45. The van der Waals surface area contributed by atoms with Crippen LogP contribution in [-0.2, 0) is 14.3 Å². The third-order valence-electron chi connectivity index (χ3n) is 4.39. The van der Waals surface area contributed by atoms with Gasteiger partial charge in [-0.05, 0) is 50.2 Å². The van der Waals surface area contributed by atoms with Gasteiger partial charge in [-0.15, -0.1) is 0 Å². The minimum atomic E-state index is -0.978. The molecule has 0 saturated carbocycles. The number of ether oxygens (including phenoxy) is 3. The van der Waals surface area contributed by atoms with E-state index >= 15 is 0 Å². The van der Waals surface area contributed by atoms with Crippen LogP contribution in [0.5, 0.6) is 11.5 Å². The largest absolute Gasteiger partial charge is 0.482 e. The molecule has 0 fully saturated rings. The first-order valence-electron chi connectivity index (χ1n) is 9.06. The number of esters is 1. The summed E-state index contributed by atoms with van der Waals surface area (Å²) in [5, 5.41) is 2.74. The smallest absolute Gasteiger partial charge is 0.352 e. The summed E-state index contributed by atoms with van der Waals surface area (Å²) < 4.78 is 16.7. The molecule has 7 nitrogen and oxygen atoms in total. The number of rotatable bonds is 5. The molecule has 0 radical (unpaired) electrons. The van der Waals surface area contributed by atoms with Crippen LogP contribution in [0, 0.1) is 0 Å². The molecule has 1 amide bonds. The lowest BCUT2D eigenvalue weighted by atomic mass is 10.2. The zero-order chi connectivity index (χ0) is 20.3. The Balaban J connectivity index is 1.58. The summed E-state index contributed by atoms with van der Waals surface area (Å²) in [6.45, 7) is 3.24. The van der Waals surface area contributed by atoms with Crippen LogP contribution in [0.1, 0.15) is 13.8 Å². The Labute approximate surface area is 164 Å². The highest BCUT2D eigenvalue weighted by atomic mass is 16.6. The second-order valence-electron chi connectivity index (χ2n) is 6.82. The van der Waals surface area contributed by atoms with Gasteiger partial charge in [0.1, 0.15) is 6.10 Å². The standard InChI is InChI=1S/C21H24N2O5/c1-13-19(28-18-8-6-5-7-17(18)26-13)21(25)27-14(2)20(24)22-15-9-11-16(12-10-15)23(3)4/h5-14,19H,1-4H3,(H,22,24). The molecule has 148 valence electrons. The van der Waals surface area contributed by atoms with Gasteiger partial charge < -0.3 is 24.4 Å². The lowest BCUT2D eigenvalue weighted by molar-refractivity contribution is -0.165. The van der Waals surface area contributed by atoms with Crippen molar-refractivity contribution in [2.75, 3.05) is 24.3 Å². The first kappa shape index (κ1) is 19.5. The third-order valence-corrected chi connectivity index (χ3v) is 4.39. The topological polar surface area (TPSA) is 77.1 Å². The van der Waals surface area contributed by atoms with Crippen LogP contribution in [-0.4, -0.2) is 44.3 Å². The molecule has 0 aliphatic carbocycles. The van der Waals surface area contributed by atoms with E-state index in [0.29, 0.717) is 17.2 Å². The lowest BCUT2D eigenvalue weighted by Crippen LogP contribution is -2.46. The summed E-state index contributed by atoms with van der Waals surface area (Å²) in [7, 11) is 3.87. The maximum Gasteiger partial charge on any atom is 0.352 e. The van der Waals surface area contributed by atoms with Crippen molar-refractivity contribution >= 4 is 23.3 Å². The number of fused-ring (bicyclic) bond motifs is 1. The van der Waals surface area contributed by atoms with Crippen molar-refractivity contribution < 1.29 is 23.8 Å². The Bertz CT molecular complexity index is 850. The molecule has 2 aromatic rings. The number of amides is 1. The van der Waals surface area contributed by atoms with Crippen molar-refractivity contribution in [3.63, 3.8) is 0 Å². The van der Waals surface area contributed by atoms with Gasteiger partial charge in [0.2, 0.25) is 6.10 Å². The fourth-order valence-corrected chi connectivity index (χ4v) is 2.76. The van der Waals surface area contributed by atoms with Gasteiger partial charge in [-0.2, -0.15) is 0 Å². The molecule has 0 spiro atoms. The van der Waals surface area contributed by atoms with Crippen LogP contribution >= 0.6 is 0 Å². The Morgan fingerprint density at radius 3 is 2.25 bits per heavy atom. The third kappa shape index (κ3) is 4.36. The van der Waals surface area contributed by atoms with Crippen LogP contribution < -0.4 is 19.7 Å². The van der Waals surface area contributed by atoms with Gasteiger partial charge in [-0.25, -0.2) is 4.79 Å². The van der Waals surface area contributed by atoms with Crippen LogP contribution in [0.2, 0.25) is 0 Å². The first-order valence-corrected chi connectivity index (χ1v) is 9.06. The molecule has 1 heterocycles. The summed E-state index contributed by atoms with van der Waals surface area (Å²) in [4.78, 5) is 26.8. The minimum absolute atomic E-state index is 0.421. The quantitative estimate of drug-likeness (QED) is 0.799. The number of anilines is 2. The van der Waals surface area contributed by atoms with Crippen molar-refractivity contribution in [2.24, 2.45) is 0 Å². The van der Waals surface area contributed by atoms with Gasteiger partial charge in [-0.3, -0.25) is 4.79 Å². The van der Waals surface area contributed by atoms with Gasteiger partial charge in [0.15, 0.2) is 17.6 Å². The molecule has 28 heavy (non-hydrogen) atoms. The Kier molecular flexibility index (Phi) is 5.73. The highest BCUT2D eigenvalue weighted by Gasteiger charge is 2.36. The molecule has 3 atom stereocenters. The van der Waals surface area contributed by atoms with E-state index in [9.17, 15) is 9.59 Å². The van der Waals surface area contributed by atoms with Gasteiger partial charge in [0, 0.05) is 25.5 Å². The molecule has 0 aromatic heterocycles. The highest BCUT2D eigenvalue weighted by molar-refractivity contribution is 5.95. The fourth-order valence-electron chi connectivity index (χ4n) is 2.76. The SMILES string of the molecule is CC(OC(=O)C1Oc2ccccc2OC1C)C(=O)Nc1ccc(N(C)C)cc1. The number of carbonyl (C=O) groups is 2. The number of nitrogens with zero attached hydrogens (tertiary/aromatic N) is 1. The number of hydrogen-bond acceptors (Lipinski definition) is 6. The number of carbonyl (C=O) groups excluding carboxylic acids is 2. The maximum atomic E-state index is 12.5. The zero-order valence-electron chi connectivity index (χ0n) is 16.3. The minimum Gasteiger partial charge on any atom is -0.482 e. The van der Waals surface area contributed by atoms with Gasteiger partial charge in [0.25, 0.3) is 5.91 Å². The molecule has 0 saturated heterocycles. The van der Waals surface area contributed by atoms with E-state index < -0.39 is 30.2 Å². The van der Waals surface area contributed by atoms with Crippen LogP contribution in [0.3, 0.4) is 0 Å². The molecule has 1 N–H and O–H groups in total. The predicted octanol–water partition coefficient (Wildman–Crippen LogP) is 2.85. The molecule has 7 heteroatoms. The van der Waals surface area contributed by atoms with E-state index in [1.165, 1.54) is 6.92 Å². The average Bonchev–Trinajstić information content (AvgIpc) is 2.67. The first-order chi connectivity index (χ1) is 13.3. The monoisotopic (exact) mass is 384 g/mol. The Morgan fingerprint density at radius 1 is 1.04 bits per heavy atom. The second-order valence-corrected chi connectivity index (χ2v) is 6.82. The average molecular weight is 384 g/mol.